The molecular weight excluding hydrogens is 162 g/mol. The van der Waals surface area contributed by atoms with E-state index < -0.39 is 0 Å². The van der Waals surface area contributed by atoms with Gasteiger partial charge in [0, 0.05) is 24.7 Å². The molecule has 1 heterocycles. The first kappa shape index (κ1) is 9.66. The van der Waals surface area contributed by atoms with E-state index in [0.717, 1.165) is 5.56 Å². The Kier molecular flexibility index (Phi) is 3.39. The van der Waals surface area contributed by atoms with Gasteiger partial charge in [-0.15, -0.1) is 0 Å². The maximum Gasteiger partial charge on any atom is 0.115 e. The quantitative estimate of drug-likeness (QED) is 0.707. The van der Waals surface area contributed by atoms with Crippen molar-refractivity contribution in [2.75, 3.05) is 0 Å². The maximum absolute atomic E-state index is 8.66. The standard InChI is InChI=1S/C10H13N3/c1-8(2)10(3-4-11)9-5-12-7-13-6-9/h5-8,10H,3H2,1-2H3. The van der Waals surface area contributed by atoms with Crippen LogP contribution in [0.3, 0.4) is 0 Å². The summed E-state index contributed by atoms with van der Waals surface area (Å²) in [4.78, 5) is 7.90. The Morgan fingerprint density at radius 1 is 1.38 bits per heavy atom. The summed E-state index contributed by atoms with van der Waals surface area (Å²) < 4.78 is 0. The van der Waals surface area contributed by atoms with E-state index in [0.29, 0.717) is 12.3 Å². The van der Waals surface area contributed by atoms with Gasteiger partial charge in [-0.3, -0.25) is 0 Å². The van der Waals surface area contributed by atoms with Crippen LogP contribution < -0.4 is 0 Å². The summed E-state index contributed by atoms with van der Waals surface area (Å²) in [6, 6.07) is 2.19. The molecule has 0 radical (unpaired) electrons. The van der Waals surface area contributed by atoms with Crippen molar-refractivity contribution < 1.29 is 0 Å². The van der Waals surface area contributed by atoms with E-state index in [9.17, 15) is 0 Å². The van der Waals surface area contributed by atoms with Crippen molar-refractivity contribution in [3.8, 4) is 6.07 Å². The van der Waals surface area contributed by atoms with E-state index in [1.807, 2.05) is 0 Å². The monoisotopic (exact) mass is 175 g/mol. The average molecular weight is 175 g/mol. The molecule has 68 valence electrons. The molecule has 0 spiro atoms. The molecule has 1 rings (SSSR count). The van der Waals surface area contributed by atoms with E-state index in [4.69, 9.17) is 5.26 Å². The summed E-state index contributed by atoms with van der Waals surface area (Å²) in [6.07, 6.45) is 5.61. The second kappa shape index (κ2) is 4.56. The highest BCUT2D eigenvalue weighted by Crippen LogP contribution is 2.25. The van der Waals surface area contributed by atoms with E-state index >= 15 is 0 Å². The van der Waals surface area contributed by atoms with Crippen molar-refractivity contribution in [1.29, 1.82) is 5.26 Å². The minimum Gasteiger partial charge on any atom is -0.245 e. The maximum atomic E-state index is 8.66. The first-order valence-corrected chi connectivity index (χ1v) is 4.37. The zero-order chi connectivity index (χ0) is 9.68. The van der Waals surface area contributed by atoms with Crippen molar-refractivity contribution in [2.24, 2.45) is 5.92 Å². The van der Waals surface area contributed by atoms with Gasteiger partial charge in [0.2, 0.25) is 0 Å². The third kappa shape index (κ3) is 2.51. The van der Waals surface area contributed by atoms with Crippen LogP contribution >= 0.6 is 0 Å². The highest BCUT2D eigenvalue weighted by Gasteiger charge is 2.15. The first-order valence-electron chi connectivity index (χ1n) is 4.37. The topological polar surface area (TPSA) is 49.6 Å². The second-order valence-electron chi connectivity index (χ2n) is 3.38. The van der Waals surface area contributed by atoms with Crippen molar-refractivity contribution in [1.82, 2.24) is 9.97 Å². The minimum atomic E-state index is 0.256. The first-order chi connectivity index (χ1) is 6.25. The predicted molar refractivity (Wildman–Crippen MR) is 49.8 cm³/mol. The van der Waals surface area contributed by atoms with E-state index in [-0.39, 0.29) is 5.92 Å². The van der Waals surface area contributed by atoms with Gasteiger partial charge in [0.25, 0.3) is 0 Å². The molecule has 3 nitrogen and oxygen atoms in total. The van der Waals surface area contributed by atoms with Crippen LogP contribution in [0.5, 0.6) is 0 Å². The molecule has 1 unspecified atom stereocenters. The number of nitrogens with zero attached hydrogens (tertiary/aromatic N) is 3. The predicted octanol–water partition coefficient (Wildman–Crippen LogP) is 2.13. The smallest absolute Gasteiger partial charge is 0.115 e. The molecule has 3 heteroatoms. The third-order valence-corrected chi connectivity index (χ3v) is 2.12. The summed E-state index contributed by atoms with van der Waals surface area (Å²) in [5.74, 6) is 0.705. The molecule has 1 atom stereocenters. The summed E-state index contributed by atoms with van der Waals surface area (Å²) in [5.41, 5.74) is 1.05. The van der Waals surface area contributed by atoms with E-state index in [2.05, 4.69) is 29.9 Å². The van der Waals surface area contributed by atoms with Crippen LogP contribution in [0.15, 0.2) is 18.7 Å². The van der Waals surface area contributed by atoms with E-state index in [1.165, 1.54) is 6.33 Å². The highest BCUT2D eigenvalue weighted by atomic mass is 14.8. The lowest BCUT2D eigenvalue weighted by atomic mass is 9.88. The molecule has 0 aliphatic carbocycles. The van der Waals surface area contributed by atoms with Crippen molar-refractivity contribution in [2.45, 2.75) is 26.2 Å². The van der Waals surface area contributed by atoms with Crippen molar-refractivity contribution >= 4 is 0 Å². The fourth-order valence-corrected chi connectivity index (χ4v) is 1.34. The molecule has 0 saturated carbocycles. The Labute approximate surface area is 78.5 Å². The van der Waals surface area contributed by atoms with Gasteiger partial charge in [-0.2, -0.15) is 5.26 Å². The Morgan fingerprint density at radius 2 is 2.00 bits per heavy atom. The Hall–Kier alpha value is -1.43. The molecule has 0 aromatic carbocycles. The number of hydrogen-bond acceptors (Lipinski definition) is 3. The molecule has 0 N–H and O–H groups in total. The van der Waals surface area contributed by atoms with Crippen LogP contribution in [0.4, 0.5) is 0 Å². The molecular formula is C10H13N3. The summed E-state index contributed by atoms with van der Waals surface area (Å²) >= 11 is 0. The molecule has 0 aliphatic rings. The zero-order valence-corrected chi connectivity index (χ0v) is 7.94. The lowest BCUT2D eigenvalue weighted by Crippen LogP contribution is -2.06. The van der Waals surface area contributed by atoms with Gasteiger partial charge in [0.05, 0.1) is 6.07 Å². The normalized spacial score (nSPS) is 12.5. The van der Waals surface area contributed by atoms with Crippen LogP contribution in [0.1, 0.15) is 31.7 Å². The average Bonchev–Trinajstić information content (AvgIpc) is 2.15. The fraction of sp³-hybridized carbons (Fsp3) is 0.500. The van der Waals surface area contributed by atoms with Crippen molar-refractivity contribution in [3.05, 3.63) is 24.3 Å². The van der Waals surface area contributed by atoms with Gasteiger partial charge < -0.3 is 0 Å². The van der Waals surface area contributed by atoms with Gasteiger partial charge in [0.15, 0.2) is 0 Å². The molecule has 13 heavy (non-hydrogen) atoms. The molecule has 1 aromatic heterocycles. The molecule has 0 saturated heterocycles. The van der Waals surface area contributed by atoms with Gasteiger partial charge in [0.1, 0.15) is 6.33 Å². The Balaban J connectivity index is 2.84. The lowest BCUT2D eigenvalue weighted by molar-refractivity contribution is 0.503. The van der Waals surface area contributed by atoms with Gasteiger partial charge in [-0.25, -0.2) is 9.97 Å². The van der Waals surface area contributed by atoms with Gasteiger partial charge >= 0.3 is 0 Å². The third-order valence-electron chi connectivity index (χ3n) is 2.12. The number of aromatic nitrogens is 2. The zero-order valence-electron chi connectivity index (χ0n) is 7.94. The summed E-state index contributed by atoms with van der Waals surface area (Å²) in [6.45, 7) is 4.21. The molecule has 1 aromatic rings. The summed E-state index contributed by atoms with van der Waals surface area (Å²) in [5, 5.41) is 8.66. The van der Waals surface area contributed by atoms with Gasteiger partial charge in [-0.05, 0) is 11.5 Å². The Morgan fingerprint density at radius 3 is 2.46 bits per heavy atom. The molecule has 0 bridgehead atoms. The SMILES string of the molecule is CC(C)C(CC#N)c1cncnc1. The largest absolute Gasteiger partial charge is 0.245 e. The van der Waals surface area contributed by atoms with Crippen LogP contribution in [0.25, 0.3) is 0 Å². The van der Waals surface area contributed by atoms with Crippen LogP contribution in [-0.4, -0.2) is 9.97 Å². The van der Waals surface area contributed by atoms with E-state index in [1.54, 1.807) is 12.4 Å². The van der Waals surface area contributed by atoms with Gasteiger partial charge in [-0.1, -0.05) is 13.8 Å². The lowest BCUT2D eigenvalue weighted by Gasteiger charge is -2.16. The minimum absolute atomic E-state index is 0.256. The molecule has 0 amide bonds. The molecule has 0 aliphatic heterocycles. The summed E-state index contributed by atoms with van der Waals surface area (Å²) in [7, 11) is 0. The number of rotatable bonds is 3. The van der Waals surface area contributed by atoms with Crippen molar-refractivity contribution in [3.63, 3.8) is 0 Å². The fourth-order valence-electron chi connectivity index (χ4n) is 1.34. The number of hydrogen-bond donors (Lipinski definition) is 0. The van der Waals surface area contributed by atoms with Crippen LogP contribution in [-0.2, 0) is 0 Å². The number of nitriles is 1. The van der Waals surface area contributed by atoms with Crippen LogP contribution in [0.2, 0.25) is 0 Å². The highest BCUT2D eigenvalue weighted by molar-refractivity contribution is 5.12. The molecule has 0 fully saturated rings. The second-order valence-corrected chi connectivity index (χ2v) is 3.38. The Bertz CT molecular complexity index is 287. The van der Waals surface area contributed by atoms with Crippen LogP contribution in [0, 0.1) is 17.2 Å².